The summed E-state index contributed by atoms with van der Waals surface area (Å²) >= 11 is 5.47. The van der Waals surface area contributed by atoms with E-state index < -0.39 is 46.8 Å². The zero-order chi connectivity index (χ0) is 14.8. The predicted molar refractivity (Wildman–Crippen MR) is 54.9 cm³/mol. The van der Waals surface area contributed by atoms with Crippen LogP contribution in [0.5, 0.6) is 0 Å². The second kappa shape index (κ2) is 5.68. The molecule has 0 aliphatic heterocycles. The Morgan fingerprint density at radius 1 is 1.47 bits per heavy atom. The number of ether oxygens (including phenoxy) is 1. The van der Waals surface area contributed by atoms with Gasteiger partial charge in [0.15, 0.2) is 0 Å². The van der Waals surface area contributed by atoms with Crippen LogP contribution in [0.25, 0.3) is 0 Å². The van der Waals surface area contributed by atoms with Gasteiger partial charge in [-0.25, -0.2) is 8.78 Å². The van der Waals surface area contributed by atoms with Gasteiger partial charge >= 0.3 is 12.1 Å². The predicted octanol–water partition coefficient (Wildman–Crippen LogP) is 3.41. The van der Waals surface area contributed by atoms with Crippen molar-refractivity contribution in [3.8, 4) is 0 Å². The highest BCUT2D eigenvalue weighted by molar-refractivity contribution is 6.32. The van der Waals surface area contributed by atoms with Gasteiger partial charge in [-0.2, -0.15) is 13.2 Å². The molecule has 0 fully saturated rings. The Morgan fingerprint density at radius 3 is 2.47 bits per heavy atom. The van der Waals surface area contributed by atoms with Crippen molar-refractivity contribution in [3.05, 3.63) is 28.0 Å². The Hall–Kier alpha value is -1.44. The molecule has 0 saturated carbocycles. The van der Waals surface area contributed by atoms with Crippen LogP contribution in [0.15, 0.2) is 6.20 Å². The fourth-order valence-electron chi connectivity index (χ4n) is 1.31. The highest BCUT2D eigenvalue weighted by Crippen LogP contribution is 2.40. The van der Waals surface area contributed by atoms with Crippen molar-refractivity contribution in [1.82, 2.24) is 4.98 Å². The van der Waals surface area contributed by atoms with E-state index in [9.17, 15) is 26.7 Å². The van der Waals surface area contributed by atoms with Crippen LogP contribution in [0.2, 0.25) is 5.02 Å². The summed E-state index contributed by atoms with van der Waals surface area (Å²) in [6.07, 6.45) is -8.81. The number of rotatable bonds is 3. The Kier molecular flexibility index (Phi) is 4.67. The average molecular weight is 304 g/mol. The summed E-state index contributed by atoms with van der Waals surface area (Å²) in [7, 11) is 1.04. The van der Waals surface area contributed by atoms with Crippen molar-refractivity contribution in [3.63, 3.8) is 0 Å². The summed E-state index contributed by atoms with van der Waals surface area (Å²) in [5.41, 5.74) is -3.40. The zero-order valence-electron chi connectivity index (χ0n) is 9.39. The first-order valence-corrected chi connectivity index (χ1v) is 5.15. The first-order valence-electron chi connectivity index (χ1n) is 4.78. The standard InChI is InChI=1S/C10H7ClF5NO2/c1-19-6(18)2-5-8(11)7(9(12)13)4(3-17-5)10(14,15)16/h3,9H,2H2,1H3. The number of nitrogens with zero attached hydrogens (tertiary/aromatic N) is 1. The van der Waals surface area contributed by atoms with Gasteiger partial charge < -0.3 is 4.74 Å². The summed E-state index contributed by atoms with van der Waals surface area (Å²) in [4.78, 5) is 14.3. The molecular weight excluding hydrogens is 297 g/mol. The van der Waals surface area contributed by atoms with Crippen LogP contribution < -0.4 is 0 Å². The fourth-order valence-corrected chi connectivity index (χ4v) is 1.61. The van der Waals surface area contributed by atoms with Crippen molar-refractivity contribution in [1.29, 1.82) is 0 Å². The lowest BCUT2D eigenvalue weighted by molar-refractivity contribution is -0.140. The Balaban J connectivity index is 3.35. The highest BCUT2D eigenvalue weighted by Gasteiger charge is 2.38. The van der Waals surface area contributed by atoms with E-state index >= 15 is 0 Å². The molecule has 0 unspecified atom stereocenters. The molecule has 1 aromatic rings. The number of methoxy groups -OCH3 is 1. The van der Waals surface area contributed by atoms with Crippen LogP contribution in [0, 0.1) is 0 Å². The number of alkyl halides is 5. The molecule has 106 valence electrons. The molecule has 3 nitrogen and oxygen atoms in total. The molecule has 0 spiro atoms. The van der Waals surface area contributed by atoms with Gasteiger partial charge in [0.1, 0.15) is 0 Å². The summed E-state index contributed by atoms with van der Waals surface area (Å²) in [6, 6.07) is 0. The third kappa shape index (κ3) is 3.52. The Labute approximate surface area is 109 Å². The molecule has 19 heavy (non-hydrogen) atoms. The lowest BCUT2D eigenvalue weighted by atomic mass is 10.1. The normalized spacial score (nSPS) is 11.8. The first kappa shape index (κ1) is 15.6. The highest BCUT2D eigenvalue weighted by atomic mass is 35.5. The molecule has 0 N–H and O–H groups in total. The molecule has 9 heteroatoms. The van der Waals surface area contributed by atoms with Crippen molar-refractivity contribution >= 4 is 17.6 Å². The van der Waals surface area contributed by atoms with Crippen LogP contribution >= 0.6 is 11.6 Å². The van der Waals surface area contributed by atoms with Crippen LogP contribution in [-0.4, -0.2) is 18.1 Å². The minimum absolute atomic E-state index is 0.228. The summed E-state index contributed by atoms with van der Waals surface area (Å²) < 4.78 is 67.2. The number of pyridine rings is 1. The van der Waals surface area contributed by atoms with E-state index in [-0.39, 0.29) is 6.20 Å². The van der Waals surface area contributed by atoms with Crippen LogP contribution in [0.4, 0.5) is 22.0 Å². The molecular formula is C10H7ClF5NO2. The smallest absolute Gasteiger partial charge is 0.418 e. The fraction of sp³-hybridized carbons (Fsp3) is 0.400. The van der Waals surface area contributed by atoms with Gasteiger partial charge in [-0.3, -0.25) is 9.78 Å². The van der Waals surface area contributed by atoms with Crippen molar-refractivity contribution in [2.24, 2.45) is 0 Å². The van der Waals surface area contributed by atoms with Gasteiger partial charge in [0.05, 0.1) is 35.4 Å². The second-order valence-electron chi connectivity index (χ2n) is 3.40. The molecule has 0 amide bonds. The van der Waals surface area contributed by atoms with Crippen molar-refractivity contribution < 1.29 is 31.5 Å². The maximum Gasteiger partial charge on any atom is 0.418 e. The largest absolute Gasteiger partial charge is 0.469 e. The van der Waals surface area contributed by atoms with Gasteiger partial charge in [0.2, 0.25) is 0 Å². The number of hydrogen-bond acceptors (Lipinski definition) is 3. The van der Waals surface area contributed by atoms with Crippen LogP contribution in [0.1, 0.15) is 23.2 Å². The van der Waals surface area contributed by atoms with E-state index in [4.69, 9.17) is 11.6 Å². The number of hydrogen-bond donors (Lipinski definition) is 0. The van der Waals surface area contributed by atoms with Gasteiger partial charge in [-0.1, -0.05) is 11.6 Å². The van der Waals surface area contributed by atoms with Crippen LogP contribution in [-0.2, 0) is 22.1 Å². The molecule has 1 aromatic heterocycles. The Bertz CT molecular complexity index is 490. The number of carbonyl (C=O) groups is 1. The molecule has 1 rings (SSSR count). The molecule has 0 aliphatic carbocycles. The molecule has 0 bridgehead atoms. The third-order valence-electron chi connectivity index (χ3n) is 2.19. The lowest BCUT2D eigenvalue weighted by Gasteiger charge is -2.15. The molecule has 0 atom stereocenters. The summed E-state index contributed by atoms with van der Waals surface area (Å²) in [5, 5.41) is -0.879. The number of halogens is 6. The quantitative estimate of drug-likeness (QED) is 0.634. The number of carbonyl (C=O) groups excluding carboxylic acids is 1. The maximum atomic E-state index is 12.7. The van der Waals surface area contributed by atoms with E-state index in [1.54, 1.807) is 0 Å². The third-order valence-corrected chi connectivity index (χ3v) is 2.61. The molecule has 0 aliphatic rings. The number of esters is 1. The van der Waals surface area contributed by atoms with Crippen molar-refractivity contribution in [2.45, 2.75) is 19.0 Å². The SMILES string of the molecule is COC(=O)Cc1ncc(C(F)(F)F)c(C(F)F)c1Cl. The Morgan fingerprint density at radius 2 is 2.05 bits per heavy atom. The average Bonchev–Trinajstić information content (AvgIpc) is 2.29. The minimum atomic E-state index is -5.01. The topological polar surface area (TPSA) is 39.2 Å². The van der Waals surface area contributed by atoms with Gasteiger partial charge in [0.25, 0.3) is 6.43 Å². The molecule has 0 radical (unpaired) electrons. The number of aromatic nitrogens is 1. The van der Waals surface area contributed by atoms with E-state index in [1.807, 2.05) is 0 Å². The van der Waals surface area contributed by atoms with E-state index in [1.165, 1.54) is 0 Å². The van der Waals surface area contributed by atoms with E-state index in [0.29, 0.717) is 0 Å². The van der Waals surface area contributed by atoms with E-state index in [0.717, 1.165) is 7.11 Å². The van der Waals surface area contributed by atoms with Crippen LogP contribution in [0.3, 0.4) is 0 Å². The maximum absolute atomic E-state index is 12.7. The first-order chi connectivity index (χ1) is 8.68. The lowest BCUT2D eigenvalue weighted by Crippen LogP contribution is -2.14. The summed E-state index contributed by atoms with van der Waals surface area (Å²) in [6.45, 7) is 0. The molecule has 0 saturated heterocycles. The van der Waals surface area contributed by atoms with Gasteiger partial charge in [0, 0.05) is 6.20 Å². The monoisotopic (exact) mass is 303 g/mol. The van der Waals surface area contributed by atoms with E-state index in [2.05, 4.69) is 9.72 Å². The summed E-state index contributed by atoms with van der Waals surface area (Å²) in [5.74, 6) is -0.852. The second-order valence-corrected chi connectivity index (χ2v) is 3.78. The minimum Gasteiger partial charge on any atom is -0.469 e. The molecule has 1 heterocycles. The zero-order valence-corrected chi connectivity index (χ0v) is 10.1. The van der Waals surface area contributed by atoms with Crippen molar-refractivity contribution in [2.75, 3.05) is 7.11 Å². The molecule has 0 aromatic carbocycles. The van der Waals surface area contributed by atoms with Gasteiger partial charge in [-0.15, -0.1) is 0 Å². The van der Waals surface area contributed by atoms with Gasteiger partial charge in [-0.05, 0) is 0 Å².